The zero-order valence-corrected chi connectivity index (χ0v) is 17.8. The van der Waals surface area contributed by atoms with Gasteiger partial charge in [0.1, 0.15) is 18.1 Å². The van der Waals surface area contributed by atoms with Crippen molar-refractivity contribution < 1.29 is 19.0 Å². The van der Waals surface area contributed by atoms with Crippen molar-refractivity contribution in [3.63, 3.8) is 0 Å². The fraction of sp³-hybridized carbons (Fsp3) is 0.500. The Morgan fingerprint density at radius 2 is 1.86 bits per heavy atom. The molecule has 8 heteroatoms. The first-order valence-electron chi connectivity index (χ1n) is 6.64. The second-order valence-electron chi connectivity index (χ2n) is 3.96. The van der Waals surface area contributed by atoms with Gasteiger partial charge in [-0.25, -0.2) is 4.79 Å². The highest BCUT2D eigenvalue weighted by Gasteiger charge is 2.30. The number of benzene rings is 1. The lowest BCUT2D eigenvalue weighted by Gasteiger charge is -2.13. The van der Waals surface area contributed by atoms with E-state index in [2.05, 4.69) is 47.8 Å². The lowest BCUT2D eigenvalue weighted by Crippen LogP contribution is -2.21. The van der Waals surface area contributed by atoms with Crippen molar-refractivity contribution in [3.8, 4) is 11.5 Å². The van der Waals surface area contributed by atoms with Crippen LogP contribution in [0.1, 0.15) is 13.8 Å². The first-order chi connectivity index (χ1) is 10.4. The minimum atomic E-state index is -1.02. The van der Waals surface area contributed by atoms with Crippen LogP contribution in [-0.2, 0) is 9.53 Å². The highest BCUT2D eigenvalue weighted by molar-refractivity contribution is 9.40. The van der Waals surface area contributed by atoms with Crippen molar-refractivity contribution in [2.24, 2.45) is 0 Å². The lowest BCUT2D eigenvalue weighted by molar-refractivity contribution is -0.140. The van der Waals surface area contributed by atoms with Crippen LogP contribution in [-0.4, -0.2) is 33.7 Å². The molecule has 0 heterocycles. The van der Waals surface area contributed by atoms with Crippen molar-refractivity contribution in [2.45, 2.75) is 20.9 Å². The van der Waals surface area contributed by atoms with Crippen molar-refractivity contribution >= 4 is 65.5 Å². The van der Waals surface area contributed by atoms with E-state index in [1.807, 2.05) is 32.0 Å². The largest absolute Gasteiger partial charge is 0.494 e. The molecule has 22 heavy (non-hydrogen) atoms. The molecular weight excluding hydrogens is 504 g/mol. The van der Waals surface area contributed by atoms with Gasteiger partial charge in [0.2, 0.25) is 2.14 Å². The van der Waals surface area contributed by atoms with Crippen LogP contribution in [0.2, 0.25) is 0 Å². The molecule has 0 radical (unpaired) electrons. The average molecular weight is 521 g/mol. The van der Waals surface area contributed by atoms with Gasteiger partial charge in [0.15, 0.2) is 0 Å². The molecule has 0 fully saturated rings. The van der Waals surface area contributed by atoms with Crippen molar-refractivity contribution in [2.75, 3.05) is 25.6 Å². The number of hydrogen-bond acceptors (Lipinski definition) is 5. The SMILES string of the molecule is CCOc1ccc(OCC)c(SCCOC(=O)C(Br)(Br)Br)c1. The predicted molar refractivity (Wildman–Crippen MR) is 100.0 cm³/mol. The monoisotopic (exact) mass is 518 g/mol. The van der Waals surface area contributed by atoms with Crippen LogP contribution in [0.5, 0.6) is 11.5 Å². The molecule has 4 nitrogen and oxygen atoms in total. The summed E-state index contributed by atoms with van der Waals surface area (Å²) >= 11 is 10.9. The van der Waals surface area contributed by atoms with Gasteiger partial charge < -0.3 is 14.2 Å². The van der Waals surface area contributed by atoms with Gasteiger partial charge in [-0.1, -0.05) is 0 Å². The van der Waals surface area contributed by atoms with Gasteiger partial charge in [0, 0.05) is 5.75 Å². The van der Waals surface area contributed by atoms with Gasteiger partial charge in [0.05, 0.1) is 18.1 Å². The Morgan fingerprint density at radius 1 is 1.18 bits per heavy atom. The second-order valence-corrected chi connectivity index (χ2v) is 11.9. The minimum absolute atomic E-state index is 0.290. The zero-order valence-electron chi connectivity index (χ0n) is 12.2. The maximum absolute atomic E-state index is 11.6. The Hall–Kier alpha value is 0.0800. The molecule has 0 spiro atoms. The summed E-state index contributed by atoms with van der Waals surface area (Å²) in [6, 6.07) is 5.71. The molecule has 124 valence electrons. The quantitative estimate of drug-likeness (QED) is 0.210. The summed E-state index contributed by atoms with van der Waals surface area (Å²) < 4.78 is 15.2. The molecule has 0 aliphatic heterocycles. The van der Waals surface area contributed by atoms with E-state index in [1.165, 1.54) is 0 Å². The molecular formula is C14H17Br3O4S. The molecule has 0 aliphatic carbocycles. The van der Waals surface area contributed by atoms with E-state index >= 15 is 0 Å². The third-order valence-corrected chi connectivity index (χ3v) is 4.30. The topological polar surface area (TPSA) is 44.8 Å². The summed E-state index contributed by atoms with van der Waals surface area (Å²) in [5.41, 5.74) is 0. The van der Waals surface area contributed by atoms with Gasteiger partial charge in [-0.15, -0.1) is 11.8 Å². The third kappa shape index (κ3) is 7.10. The molecule has 1 aromatic rings. The van der Waals surface area contributed by atoms with Crippen LogP contribution < -0.4 is 9.47 Å². The van der Waals surface area contributed by atoms with Crippen molar-refractivity contribution in [1.82, 2.24) is 0 Å². The van der Waals surface area contributed by atoms with Crippen molar-refractivity contribution in [3.05, 3.63) is 18.2 Å². The number of rotatable bonds is 8. The van der Waals surface area contributed by atoms with E-state index in [-0.39, 0.29) is 0 Å². The number of alkyl halides is 3. The summed E-state index contributed by atoms with van der Waals surface area (Å²) in [5, 5.41) is 0. The Bertz CT molecular complexity index is 491. The molecule has 1 rings (SSSR count). The summed E-state index contributed by atoms with van der Waals surface area (Å²) in [7, 11) is 0. The Kier molecular flexibility index (Phi) is 9.19. The first-order valence-corrected chi connectivity index (χ1v) is 10.0. The van der Waals surface area contributed by atoms with Gasteiger partial charge in [-0.05, 0) is 79.8 Å². The second kappa shape index (κ2) is 10.1. The predicted octanol–water partition coefficient (Wildman–Crippen LogP) is 4.96. The lowest BCUT2D eigenvalue weighted by atomic mass is 10.3. The van der Waals surface area contributed by atoms with Crippen LogP contribution in [0.4, 0.5) is 0 Å². The molecule has 0 saturated carbocycles. The van der Waals surface area contributed by atoms with Gasteiger partial charge >= 0.3 is 5.97 Å². The smallest absolute Gasteiger partial charge is 0.344 e. The molecule has 0 saturated heterocycles. The van der Waals surface area contributed by atoms with Gasteiger partial charge in [0.25, 0.3) is 0 Å². The zero-order chi connectivity index (χ0) is 16.6. The molecule has 0 N–H and O–H groups in total. The Balaban J connectivity index is 2.59. The van der Waals surface area contributed by atoms with Crippen LogP contribution in [0.15, 0.2) is 23.1 Å². The summed E-state index contributed by atoms with van der Waals surface area (Å²) in [6.45, 7) is 5.37. The molecule has 0 aromatic heterocycles. The maximum Gasteiger partial charge on any atom is 0.344 e. The normalized spacial score (nSPS) is 11.1. The molecule has 0 unspecified atom stereocenters. The highest BCUT2D eigenvalue weighted by Crippen LogP contribution is 2.35. The molecule has 0 bridgehead atoms. The number of carbonyl (C=O) groups excluding carboxylic acids is 1. The number of thioether (sulfide) groups is 1. The fourth-order valence-corrected chi connectivity index (χ4v) is 2.70. The van der Waals surface area contributed by atoms with Gasteiger partial charge in [-0.2, -0.15) is 0 Å². The highest BCUT2D eigenvalue weighted by atomic mass is 80.0. The standard InChI is InChI=1S/C14H17Br3O4S/c1-3-19-10-5-6-11(20-4-2)12(9-10)22-8-7-21-13(18)14(15,16)17/h5-6,9H,3-4,7-8H2,1-2H3. The number of ether oxygens (including phenoxy) is 3. The van der Waals surface area contributed by atoms with E-state index < -0.39 is 8.11 Å². The number of hydrogen-bond donors (Lipinski definition) is 0. The van der Waals surface area contributed by atoms with E-state index in [0.29, 0.717) is 25.6 Å². The van der Waals surface area contributed by atoms with Crippen LogP contribution >= 0.6 is 59.6 Å². The fourth-order valence-electron chi connectivity index (χ4n) is 1.50. The average Bonchev–Trinajstić information content (AvgIpc) is 2.45. The number of esters is 1. The summed E-state index contributed by atoms with van der Waals surface area (Å²) in [4.78, 5) is 12.5. The van der Waals surface area contributed by atoms with E-state index in [9.17, 15) is 4.79 Å². The molecule has 0 aliphatic rings. The summed E-state index contributed by atoms with van der Waals surface area (Å²) in [6.07, 6.45) is 0. The minimum Gasteiger partial charge on any atom is -0.494 e. The van der Waals surface area contributed by atoms with Crippen LogP contribution in [0.25, 0.3) is 0 Å². The van der Waals surface area contributed by atoms with Gasteiger partial charge in [-0.3, -0.25) is 0 Å². The van der Waals surface area contributed by atoms with Crippen LogP contribution in [0.3, 0.4) is 0 Å². The summed E-state index contributed by atoms with van der Waals surface area (Å²) in [5.74, 6) is 1.79. The number of carbonyl (C=O) groups is 1. The van der Waals surface area contributed by atoms with E-state index in [1.54, 1.807) is 11.8 Å². The van der Waals surface area contributed by atoms with E-state index in [4.69, 9.17) is 14.2 Å². The maximum atomic E-state index is 11.6. The molecule has 0 atom stereocenters. The molecule has 0 amide bonds. The Labute approximate surface area is 160 Å². The van der Waals surface area contributed by atoms with Crippen LogP contribution in [0, 0.1) is 0 Å². The third-order valence-electron chi connectivity index (χ3n) is 2.33. The number of halogens is 3. The van der Waals surface area contributed by atoms with Crippen molar-refractivity contribution in [1.29, 1.82) is 0 Å². The van der Waals surface area contributed by atoms with E-state index in [0.717, 1.165) is 16.4 Å². The Morgan fingerprint density at radius 3 is 2.45 bits per heavy atom. The first kappa shape index (κ1) is 20.1. The molecule has 1 aromatic carbocycles.